The van der Waals surface area contributed by atoms with E-state index in [1.807, 2.05) is 30.5 Å². The summed E-state index contributed by atoms with van der Waals surface area (Å²) in [7, 11) is 0. The van der Waals surface area contributed by atoms with E-state index in [2.05, 4.69) is 29.9 Å². The van der Waals surface area contributed by atoms with E-state index in [0.29, 0.717) is 18.9 Å². The van der Waals surface area contributed by atoms with Crippen molar-refractivity contribution in [2.45, 2.75) is 18.9 Å². The van der Waals surface area contributed by atoms with Gasteiger partial charge in [0.15, 0.2) is 0 Å². The van der Waals surface area contributed by atoms with E-state index in [1.54, 1.807) is 48.3 Å². The molecule has 188 valence electrons. The molecule has 2 N–H and O–H groups in total. The summed E-state index contributed by atoms with van der Waals surface area (Å²) in [5.41, 5.74) is 7.74. The number of fused-ring (bicyclic) bond motifs is 2. The van der Waals surface area contributed by atoms with E-state index in [9.17, 15) is 8.78 Å². The Morgan fingerprint density at radius 3 is 2.63 bits per heavy atom. The third-order valence-electron chi connectivity index (χ3n) is 6.94. The summed E-state index contributed by atoms with van der Waals surface area (Å²) in [6.07, 6.45) is 14.2. The molecule has 0 bridgehead atoms. The van der Waals surface area contributed by atoms with E-state index in [0.717, 1.165) is 55.4 Å². The number of imidazole rings is 1. The molecule has 7 heterocycles. The topological polar surface area (TPSA) is 99.3 Å². The number of likely N-dealkylation sites (tertiary alicyclic amines) is 1. The molecule has 1 saturated heterocycles. The van der Waals surface area contributed by atoms with Crippen LogP contribution < -0.4 is 0 Å². The lowest BCUT2D eigenvalue weighted by Crippen LogP contribution is -2.24. The van der Waals surface area contributed by atoms with Gasteiger partial charge in [0.25, 0.3) is 5.92 Å². The van der Waals surface area contributed by atoms with Crippen molar-refractivity contribution in [1.82, 2.24) is 39.8 Å². The smallest absolute Gasteiger partial charge is 0.261 e. The first kappa shape index (κ1) is 22.6. The van der Waals surface area contributed by atoms with E-state index in [1.165, 1.54) is 0 Å². The standard InChI is InChI=1S/C28H22F2N8/c29-28(30)3-5-38(16-28)15-17-6-19(10-32-8-17)20-7-21-23(13-35-26(21)34-11-20)27-36-24-14-33-12-22(25(24)37-27)18-2-1-4-31-9-18/h1-2,4,6-14H,3,5,15-16H2,(H,34,35)(H,36,37). The molecule has 1 aliphatic rings. The lowest BCUT2D eigenvalue weighted by atomic mass is 10.1. The van der Waals surface area contributed by atoms with E-state index >= 15 is 0 Å². The van der Waals surface area contributed by atoms with Crippen molar-refractivity contribution >= 4 is 22.1 Å². The fourth-order valence-electron chi connectivity index (χ4n) is 5.08. The molecule has 0 amide bonds. The molecular weight excluding hydrogens is 486 g/mol. The number of aromatic nitrogens is 7. The number of halogens is 2. The van der Waals surface area contributed by atoms with Crippen LogP contribution in [-0.4, -0.2) is 58.8 Å². The quantitative estimate of drug-likeness (QED) is 0.321. The van der Waals surface area contributed by atoms with Gasteiger partial charge >= 0.3 is 0 Å². The first-order valence-electron chi connectivity index (χ1n) is 12.3. The van der Waals surface area contributed by atoms with Gasteiger partial charge in [-0.3, -0.25) is 19.9 Å². The van der Waals surface area contributed by atoms with Gasteiger partial charge in [0.2, 0.25) is 0 Å². The third kappa shape index (κ3) is 4.08. The number of aromatic amines is 2. The summed E-state index contributed by atoms with van der Waals surface area (Å²) in [4.78, 5) is 30.9. The van der Waals surface area contributed by atoms with Crippen LogP contribution in [-0.2, 0) is 6.54 Å². The van der Waals surface area contributed by atoms with E-state index < -0.39 is 5.92 Å². The molecule has 0 aromatic carbocycles. The predicted octanol–water partition coefficient (Wildman–Crippen LogP) is 5.47. The largest absolute Gasteiger partial charge is 0.345 e. The first-order valence-corrected chi connectivity index (χ1v) is 12.3. The molecule has 0 radical (unpaired) electrons. The van der Waals surface area contributed by atoms with Crippen LogP contribution in [0, 0.1) is 0 Å². The molecule has 10 heteroatoms. The zero-order chi connectivity index (χ0) is 25.7. The van der Waals surface area contributed by atoms with Gasteiger partial charge in [0.1, 0.15) is 11.5 Å². The van der Waals surface area contributed by atoms with Crippen molar-refractivity contribution in [1.29, 1.82) is 0 Å². The molecule has 0 spiro atoms. The highest BCUT2D eigenvalue weighted by molar-refractivity contribution is 5.98. The molecule has 1 aliphatic heterocycles. The van der Waals surface area contributed by atoms with Gasteiger partial charge in [0.05, 0.1) is 23.8 Å². The van der Waals surface area contributed by atoms with Crippen molar-refractivity contribution in [3.05, 3.63) is 79.4 Å². The zero-order valence-corrected chi connectivity index (χ0v) is 20.2. The van der Waals surface area contributed by atoms with Gasteiger partial charge < -0.3 is 9.97 Å². The van der Waals surface area contributed by atoms with Gasteiger partial charge in [-0.15, -0.1) is 0 Å². The summed E-state index contributed by atoms with van der Waals surface area (Å²) in [6.45, 7) is 0.605. The Morgan fingerprint density at radius 1 is 0.921 bits per heavy atom. The summed E-state index contributed by atoms with van der Waals surface area (Å²) >= 11 is 0. The SMILES string of the molecule is FC1(F)CCN(Cc2cncc(-c3cnc4[nH]cc(-c5nc6c(-c7cccnc7)cncc6[nH]5)c4c3)c2)C1. The Balaban J connectivity index is 1.24. The summed E-state index contributed by atoms with van der Waals surface area (Å²) in [5.74, 6) is -1.92. The van der Waals surface area contributed by atoms with Gasteiger partial charge in [-0.25, -0.2) is 18.7 Å². The Kier molecular flexibility index (Phi) is 5.22. The van der Waals surface area contributed by atoms with Crippen LogP contribution in [0.5, 0.6) is 0 Å². The molecule has 7 rings (SSSR count). The van der Waals surface area contributed by atoms with Crippen molar-refractivity contribution in [3.63, 3.8) is 0 Å². The number of pyridine rings is 4. The number of alkyl halides is 2. The highest BCUT2D eigenvalue weighted by Gasteiger charge is 2.37. The third-order valence-corrected chi connectivity index (χ3v) is 6.94. The second-order valence-electron chi connectivity index (χ2n) is 9.63. The van der Waals surface area contributed by atoms with Crippen molar-refractivity contribution in [2.75, 3.05) is 13.1 Å². The molecule has 1 fully saturated rings. The van der Waals surface area contributed by atoms with Gasteiger partial charge in [-0.1, -0.05) is 6.07 Å². The number of H-pyrrole nitrogens is 2. The van der Waals surface area contributed by atoms with Gasteiger partial charge in [-0.05, 0) is 23.8 Å². The van der Waals surface area contributed by atoms with Crippen LogP contribution in [0.2, 0.25) is 0 Å². The lowest BCUT2D eigenvalue weighted by Gasteiger charge is -2.15. The van der Waals surface area contributed by atoms with Crippen LogP contribution >= 0.6 is 0 Å². The molecule has 38 heavy (non-hydrogen) atoms. The summed E-state index contributed by atoms with van der Waals surface area (Å²) in [5, 5.41) is 0.905. The minimum absolute atomic E-state index is 0.0987. The Bertz CT molecular complexity index is 1780. The maximum atomic E-state index is 13.6. The highest BCUT2D eigenvalue weighted by atomic mass is 19.3. The molecule has 0 unspecified atom stereocenters. The molecule has 0 aliphatic carbocycles. The molecule has 0 atom stereocenters. The first-order chi connectivity index (χ1) is 18.5. The fraction of sp³-hybridized carbons (Fsp3) is 0.179. The van der Waals surface area contributed by atoms with Crippen molar-refractivity contribution in [3.8, 4) is 33.6 Å². The maximum Gasteiger partial charge on any atom is 0.261 e. The van der Waals surface area contributed by atoms with Crippen molar-refractivity contribution in [2.24, 2.45) is 0 Å². The molecule has 6 aromatic heterocycles. The molecular formula is C28H22F2N8. The number of hydrogen-bond donors (Lipinski definition) is 2. The summed E-state index contributed by atoms with van der Waals surface area (Å²) in [6, 6.07) is 7.91. The minimum atomic E-state index is -2.61. The Morgan fingerprint density at radius 2 is 1.79 bits per heavy atom. The predicted molar refractivity (Wildman–Crippen MR) is 140 cm³/mol. The fourth-order valence-corrected chi connectivity index (χ4v) is 5.08. The average Bonchev–Trinajstić information content (AvgIpc) is 3.64. The zero-order valence-electron chi connectivity index (χ0n) is 20.2. The number of rotatable bonds is 5. The number of nitrogens with one attached hydrogen (secondary N) is 2. The van der Waals surface area contributed by atoms with Gasteiger partial charge in [0, 0.05) is 96.1 Å². The molecule has 0 saturated carbocycles. The molecule has 8 nitrogen and oxygen atoms in total. The molecule has 6 aromatic rings. The normalized spacial score (nSPS) is 15.5. The van der Waals surface area contributed by atoms with Crippen LogP contribution in [0.1, 0.15) is 12.0 Å². The minimum Gasteiger partial charge on any atom is -0.345 e. The van der Waals surface area contributed by atoms with Crippen LogP contribution in [0.25, 0.3) is 55.7 Å². The van der Waals surface area contributed by atoms with E-state index in [-0.39, 0.29) is 13.0 Å². The Labute approximate surface area is 215 Å². The van der Waals surface area contributed by atoms with Crippen molar-refractivity contribution < 1.29 is 8.78 Å². The summed E-state index contributed by atoms with van der Waals surface area (Å²) < 4.78 is 27.3. The second kappa shape index (κ2) is 8.77. The average molecular weight is 509 g/mol. The van der Waals surface area contributed by atoms with E-state index in [4.69, 9.17) is 4.98 Å². The lowest BCUT2D eigenvalue weighted by molar-refractivity contribution is 0.0115. The number of hydrogen-bond acceptors (Lipinski definition) is 6. The van der Waals surface area contributed by atoms with Crippen LogP contribution in [0.3, 0.4) is 0 Å². The van der Waals surface area contributed by atoms with Crippen LogP contribution in [0.4, 0.5) is 8.78 Å². The second-order valence-corrected chi connectivity index (χ2v) is 9.63. The van der Waals surface area contributed by atoms with Crippen LogP contribution in [0.15, 0.2) is 73.8 Å². The maximum absolute atomic E-state index is 13.6. The van der Waals surface area contributed by atoms with Gasteiger partial charge in [-0.2, -0.15) is 0 Å². The Hall–Kier alpha value is -4.57. The highest BCUT2D eigenvalue weighted by Crippen LogP contribution is 2.33. The monoisotopic (exact) mass is 508 g/mol. The number of nitrogens with zero attached hydrogens (tertiary/aromatic N) is 6.